The van der Waals surface area contributed by atoms with Crippen LogP contribution in [0.15, 0.2) is 60.2 Å². The molecule has 3 aliphatic heterocycles. The molecule has 0 saturated carbocycles. The van der Waals surface area contributed by atoms with Crippen LogP contribution in [0.4, 0.5) is 15.3 Å². The number of unbranched alkanes of at least 4 members (excludes halogenated alkanes) is 2. The topological polar surface area (TPSA) is 360 Å². The SMILES string of the molecule is CC(=O)O.CC(=O)O[C@@H](C)/C=C\C(=O)N[C@@H]1C[C@H](C)[C@H](C/C=C(C)/C=C/[C@@H]2C[C@]3(CO3)C[C@@H](CC(=O)NCNC(=O)OCc3ccc(NC(=O)[C@H](CCCNC(N)=O)NC(=O)[C@@H](NC(=O)CCCCCN)C(C)C)cc3)O2)O[C@@H]1C. The molecule has 1 spiro atoms. The fraction of sp³-hybridized carbons (Fsp3) is 0.625. The molecule has 0 radical (unpaired) electrons. The predicted molar refractivity (Wildman–Crippen MR) is 297 cm³/mol. The first-order valence-electron chi connectivity index (χ1n) is 27.4. The van der Waals surface area contributed by atoms with E-state index in [0.717, 1.165) is 31.8 Å². The van der Waals surface area contributed by atoms with Crippen LogP contribution in [0, 0.1) is 11.8 Å². The van der Waals surface area contributed by atoms with Crippen molar-refractivity contribution in [3.8, 4) is 0 Å². The molecule has 1 aromatic carbocycles. The molecule has 8 amide bonds. The van der Waals surface area contributed by atoms with Gasteiger partial charge in [0.15, 0.2) is 0 Å². The van der Waals surface area contributed by atoms with Crippen molar-refractivity contribution in [3.63, 3.8) is 0 Å². The number of nitrogens with two attached hydrogens (primary N) is 2. The third-order valence-electron chi connectivity index (χ3n) is 13.3. The Morgan fingerprint density at radius 3 is 2.20 bits per heavy atom. The van der Waals surface area contributed by atoms with Crippen molar-refractivity contribution in [1.82, 2.24) is 31.9 Å². The minimum Gasteiger partial charge on any atom is -0.481 e. The number of hydrogen-bond acceptors (Lipinski definition) is 15. The molecule has 10 atom stereocenters. The standard InChI is InChI=1S/C54H83N9O13.C2H4O2/c1-33(2)49(63-46(65)13-9-8-10-24-55)51(69)62-43(12-11-25-57-52(56)70)50(68)60-40-19-17-39(18-20-40)30-72-53(71)59-32-58-48(67)27-42-29-54(31-73-54)28-41(76-42)21-14-34(3)15-22-45-35(4)26-44(37(6)75-45)61-47(66)23-16-36(5)74-38(7)64;1-2(3)4/h14-21,23,33,35-37,41-45,49H,8-13,22,24-32,55H2,1-7H3,(H,58,67)(H,59,71)(H,60,68)(H,61,66)(H,62,69)(H,63,65)(H3,56,57,70);1H3,(H,3,4)/b21-14+,23-16-,34-15+;/t35-,36-,37+,41+,42+,43-,44+,45-,49-,54+;/m0./s1. The monoisotopic (exact) mass is 1130 g/mol. The Morgan fingerprint density at radius 2 is 1.56 bits per heavy atom. The average molecular weight is 1130 g/mol. The number of amides is 8. The van der Waals surface area contributed by atoms with Crippen LogP contribution in [-0.2, 0) is 63.9 Å². The highest BCUT2D eigenvalue weighted by molar-refractivity contribution is 5.98. The zero-order chi connectivity index (χ0) is 59.4. The van der Waals surface area contributed by atoms with Gasteiger partial charge in [-0.1, -0.05) is 63.1 Å². The fourth-order valence-corrected chi connectivity index (χ4v) is 8.92. The summed E-state index contributed by atoms with van der Waals surface area (Å²) in [6.45, 7) is 14.8. The number of benzene rings is 1. The van der Waals surface area contributed by atoms with E-state index in [2.05, 4.69) is 50.2 Å². The van der Waals surface area contributed by atoms with E-state index in [1.165, 1.54) is 13.0 Å². The number of urea groups is 1. The number of carboxylic acids is 1. The molecule has 1 aromatic rings. The highest BCUT2D eigenvalue weighted by atomic mass is 16.6. The minimum absolute atomic E-state index is 0.0301. The van der Waals surface area contributed by atoms with Crippen LogP contribution < -0.4 is 48.7 Å². The predicted octanol–water partition coefficient (Wildman–Crippen LogP) is 4.01. The molecule has 3 aliphatic rings. The van der Waals surface area contributed by atoms with Crippen LogP contribution in [0.25, 0.3) is 0 Å². The number of alkyl carbamates (subject to hydrolysis) is 1. The van der Waals surface area contributed by atoms with Crippen LogP contribution in [-0.4, -0.2) is 139 Å². The lowest BCUT2D eigenvalue weighted by Gasteiger charge is -2.39. The van der Waals surface area contributed by atoms with Gasteiger partial charge in [-0.2, -0.15) is 0 Å². The van der Waals surface area contributed by atoms with Crippen molar-refractivity contribution in [2.75, 3.05) is 31.7 Å². The van der Waals surface area contributed by atoms with E-state index in [-0.39, 0.29) is 98.6 Å². The highest BCUT2D eigenvalue weighted by Gasteiger charge is 2.51. The number of rotatable bonds is 29. The summed E-state index contributed by atoms with van der Waals surface area (Å²) in [5.41, 5.74) is 12.4. The molecule has 0 aliphatic carbocycles. The van der Waals surface area contributed by atoms with Gasteiger partial charge in [-0.25, -0.2) is 9.59 Å². The van der Waals surface area contributed by atoms with Crippen molar-refractivity contribution in [2.45, 2.75) is 187 Å². The third kappa shape index (κ3) is 27.3. The van der Waals surface area contributed by atoms with Crippen molar-refractivity contribution >= 4 is 59.3 Å². The van der Waals surface area contributed by atoms with Crippen molar-refractivity contribution < 1.29 is 71.9 Å². The zero-order valence-electron chi connectivity index (χ0n) is 47.6. The van der Waals surface area contributed by atoms with Gasteiger partial charge in [-0.3, -0.25) is 33.6 Å². The zero-order valence-corrected chi connectivity index (χ0v) is 47.6. The van der Waals surface area contributed by atoms with Gasteiger partial charge in [0.1, 0.15) is 24.8 Å². The molecule has 3 heterocycles. The number of aliphatic carboxylic acids is 1. The van der Waals surface area contributed by atoms with Crippen LogP contribution in [0.2, 0.25) is 0 Å². The van der Waals surface area contributed by atoms with E-state index in [4.69, 9.17) is 45.1 Å². The first kappa shape index (κ1) is 67.4. The van der Waals surface area contributed by atoms with Crippen LogP contribution in [0.5, 0.6) is 0 Å². The van der Waals surface area contributed by atoms with Gasteiger partial charge in [0, 0.05) is 51.4 Å². The lowest BCUT2D eigenvalue weighted by atomic mass is 9.88. The quantitative estimate of drug-likeness (QED) is 0.0135. The molecule has 12 N–H and O–H groups in total. The number of nitrogens with one attached hydrogen (secondary N) is 7. The molecule has 0 unspecified atom stereocenters. The van der Waals surface area contributed by atoms with Crippen molar-refractivity contribution in [3.05, 3.63) is 65.8 Å². The molecule has 80 heavy (non-hydrogen) atoms. The molecule has 24 nitrogen and oxygen atoms in total. The maximum absolute atomic E-state index is 13.5. The van der Waals surface area contributed by atoms with Crippen LogP contribution in [0.3, 0.4) is 0 Å². The molecular formula is C56H87N9O15. The Morgan fingerprint density at radius 1 is 0.863 bits per heavy atom. The molecular weight excluding hydrogens is 1040 g/mol. The van der Waals surface area contributed by atoms with E-state index < -0.39 is 60.2 Å². The number of carboxylic acid groups (broad SMARTS) is 1. The Bertz CT molecular complexity index is 2300. The summed E-state index contributed by atoms with van der Waals surface area (Å²) < 4.78 is 28.9. The molecule has 4 rings (SSSR count). The van der Waals surface area contributed by atoms with E-state index in [9.17, 15) is 38.4 Å². The number of hydrogen-bond donors (Lipinski definition) is 10. The second-order valence-corrected chi connectivity index (χ2v) is 20.9. The Hall–Kier alpha value is -6.89. The van der Waals surface area contributed by atoms with Crippen LogP contribution in [0.1, 0.15) is 132 Å². The Balaban J connectivity index is 0.00000406. The number of anilines is 1. The summed E-state index contributed by atoms with van der Waals surface area (Å²) in [7, 11) is 0. The second-order valence-electron chi connectivity index (χ2n) is 20.9. The molecule has 0 bridgehead atoms. The van der Waals surface area contributed by atoms with E-state index in [0.29, 0.717) is 56.5 Å². The minimum atomic E-state index is -1.02. The van der Waals surface area contributed by atoms with E-state index >= 15 is 0 Å². The second kappa shape index (κ2) is 35.0. The number of carbonyl (C=O) groups is 9. The number of ether oxygens (including phenoxy) is 5. The molecule has 446 valence electrons. The molecule has 3 saturated heterocycles. The van der Waals surface area contributed by atoms with Crippen molar-refractivity contribution in [2.24, 2.45) is 23.3 Å². The smallest absolute Gasteiger partial charge is 0.408 e. The lowest BCUT2D eigenvalue weighted by Crippen LogP contribution is -2.54. The summed E-state index contributed by atoms with van der Waals surface area (Å²) >= 11 is 0. The maximum atomic E-state index is 13.5. The number of carbonyl (C=O) groups excluding carboxylic acids is 8. The lowest BCUT2D eigenvalue weighted by molar-refractivity contribution is -0.143. The van der Waals surface area contributed by atoms with Crippen LogP contribution >= 0.6 is 0 Å². The molecule has 0 aromatic heterocycles. The summed E-state index contributed by atoms with van der Waals surface area (Å²) in [5, 5.41) is 26.4. The first-order valence-corrected chi connectivity index (χ1v) is 27.4. The maximum Gasteiger partial charge on any atom is 0.408 e. The normalized spacial score (nSPS) is 22.6. The van der Waals surface area contributed by atoms with Gasteiger partial charge < -0.3 is 77.5 Å². The number of epoxide rings is 1. The van der Waals surface area contributed by atoms with Gasteiger partial charge in [0.05, 0.1) is 55.8 Å². The highest BCUT2D eigenvalue weighted by Crippen LogP contribution is 2.43. The Kier molecular flexibility index (Phi) is 29.5. The average Bonchev–Trinajstić information content (AvgIpc) is 4.28. The first-order chi connectivity index (χ1) is 37.9. The third-order valence-corrected chi connectivity index (χ3v) is 13.3. The van der Waals surface area contributed by atoms with Gasteiger partial charge in [-0.05, 0) is 101 Å². The summed E-state index contributed by atoms with van der Waals surface area (Å²) in [6.07, 6.45) is 12.6. The fourth-order valence-electron chi connectivity index (χ4n) is 8.92. The number of allylic oxidation sites excluding steroid dienone is 2. The van der Waals surface area contributed by atoms with Gasteiger partial charge in [-0.15, -0.1) is 0 Å². The number of primary amides is 1. The van der Waals surface area contributed by atoms with Gasteiger partial charge in [0.2, 0.25) is 29.5 Å². The van der Waals surface area contributed by atoms with E-state index in [1.54, 1.807) is 51.1 Å². The van der Waals surface area contributed by atoms with Gasteiger partial charge in [0.25, 0.3) is 5.97 Å². The molecule has 3 fully saturated rings. The van der Waals surface area contributed by atoms with Gasteiger partial charge >= 0.3 is 18.1 Å². The molecule has 24 heteroatoms. The number of esters is 1. The largest absolute Gasteiger partial charge is 0.481 e. The van der Waals surface area contributed by atoms with Crippen molar-refractivity contribution in [1.29, 1.82) is 0 Å². The summed E-state index contributed by atoms with van der Waals surface area (Å²) in [4.78, 5) is 109. The van der Waals surface area contributed by atoms with E-state index in [1.807, 2.05) is 26.0 Å². The summed E-state index contributed by atoms with van der Waals surface area (Å²) in [6, 6.07) is 3.76. The summed E-state index contributed by atoms with van der Waals surface area (Å²) in [5.74, 6) is -3.23. The Labute approximate surface area is 469 Å².